The van der Waals surface area contributed by atoms with Crippen LogP contribution in [0.1, 0.15) is 41.7 Å². The molecule has 4 fully saturated rings. The third kappa shape index (κ3) is 3.13. The Hall–Kier alpha value is -2.37. The largest absolute Gasteiger partial charge is 0.381 e. The van der Waals surface area contributed by atoms with Gasteiger partial charge >= 0.3 is 0 Å². The van der Waals surface area contributed by atoms with E-state index in [0.29, 0.717) is 44.1 Å². The Labute approximate surface area is 169 Å². The molecule has 1 aromatic heterocycles. The van der Waals surface area contributed by atoms with Crippen LogP contribution in [-0.4, -0.2) is 66.3 Å². The predicted molar refractivity (Wildman–Crippen MR) is 102 cm³/mol. The molecule has 1 aromatic rings. The molecular weight excluding hydrogens is 372 g/mol. The van der Waals surface area contributed by atoms with Crippen molar-refractivity contribution in [3.05, 3.63) is 23.5 Å². The number of carbonyl (C=O) groups is 2. The lowest BCUT2D eigenvalue weighted by Crippen LogP contribution is -2.43. The fourth-order valence-corrected chi connectivity index (χ4v) is 5.69. The van der Waals surface area contributed by atoms with Gasteiger partial charge in [0.2, 0.25) is 5.91 Å². The van der Waals surface area contributed by atoms with Gasteiger partial charge in [0.25, 0.3) is 5.91 Å². The minimum atomic E-state index is -0.279. The Morgan fingerprint density at radius 3 is 2.93 bits per heavy atom. The lowest BCUT2D eigenvalue weighted by Gasteiger charge is -2.30. The van der Waals surface area contributed by atoms with E-state index in [2.05, 4.69) is 10.3 Å². The first-order valence-electron chi connectivity index (χ1n) is 10.5. The minimum Gasteiger partial charge on any atom is -0.381 e. The zero-order chi connectivity index (χ0) is 20.0. The number of hydrogen-bond donors (Lipinski definition) is 2. The van der Waals surface area contributed by atoms with Crippen LogP contribution in [0.25, 0.3) is 0 Å². The second-order valence-electron chi connectivity index (χ2n) is 8.76. The van der Waals surface area contributed by atoms with Crippen LogP contribution < -0.4 is 5.32 Å². The lowest BCUT2D eigenvalue weighted by atomic mass is 9.73. The topological polar surface area (TPSA) is 107 Å². The fraction of sp³-hybridized carbons (Fsp3) is 0.667. The molecule has 2 amide bonds. The molecule has 2 bridgehead atoms. The number of nitrogens with zero attached hydrogens (tertiary/aromatic N) is 2. The van der Waals surface area contributed by atoms with Crippen molar-refractivity contribution < 1.29 is 19.1 Å². The normalized spacial score (nSPS) is 33.5. The van der Waals surface area contributed by atoms with Crippen molar-refractivity contribution in [2.24, 2.45) is 17.8 Å². The standard InChI is InChI=1S/C21H26N4O4/c22-8-13-7-17(23-9-13)20(27)25-11-16-15(18-1-4-21(16,12-25)29-18)10-24-19(26)14-2-5-28-6-3-14/h7,9,14-16,18,23H,1-6,10-12H2,(H,24,26)/t15-,16+,18+,21+/m0/s1. The van der Waals surface area contributed by atoms with Crippen LogP contribution in [0, 0.1) is 29.1 Å². The predicted octanol–water partition coefficient (Wildman–Crippen LogP) is 1.05. The number of aromatic nitrogens is 1. The Morgan fingerprint density at radius 2 is 2.17 bits per heavy atom. The number of H-pyrrole nitrogens is 1. The summed E-state index contributed by atoms with van der Waals surface area (Å²) in [6.45, 7) is 3.13. The van der Waals surface area contributed by atoms with Crippen molar-refractivity contribution in [2.75, 3.05) is 32.8 Å². The lowest BCUT2D eigenvalue weighted by molar-refractivity contribution is -0.128. The molecule has 5 rings (SSSR count). The van der Waals surface area contributed by atoms with Gasteiger partial charge in [-0.2, -0.15) is 5.26 Å². The molecule has 4 aliphatic rings. The van der Waals surface area contributed by atoms with E-state index in [1.165, 1.54) is 0 Å². The van der Waals surface area contributed by atoms with Gasteiger partial charge in [0.1, 0.15) is 11.8 Å². The van der Waals surface area contributed by atoms with Crippen LogP contribution in [-0.2, 0) is 14.3 Å². The maximum Gasteiger partial charge on any atom is 0.270 e. The molecule has 0 saturated carbocycles. The highest BCUT2D eigenvalue weighted by atomic mass is 16.5. The summed E-state index contributed by atoms with van der Waals surface area (Å²) in [5.41, 5.74) is 0.618. The maximum atomic E-state index is 12.9. The monoisotopic (exact) mass is 398 g/mol. The molecule has 8 heteroatoms. The van der Waals surface area contributed by atoms with Crippen molar-refractivity contribution >= 4 is 11.8 Å². The summed E-state index contributed by atoms with van der Waals surface area (Å²) < 4.78 is 11.7. The smallest absolute Gasteiger partial charge is 0.270 e. The summed E-state index contributed by atoms with van der Waals surface area (Å²) in [4.78, 5) is 30.2. The molecule has 1 spiro atoms. The van der Waals surface area contributed by atoms with Gasteiger partial charge in [-0.05, 0) is 31.7 Å². The highest BCUT2D eigenvalue weighted by Crippen LogP contribution is 2.54. The van der Waals surface area contributed by atoms with Gasteiger partial charge in [-0.3, -0.25) is 9.59 Å². The molecule has 0 aromatic carbocycles. The van der Waals surface area contributed by atoms with Crippen LogP contribution in [0.5, 0.6) is 0 Å². The molecule has 4 saturated heterocycles. The van der Waals surface area contributed by atoms with E-state index in [9.17, 15) is 9.59 Å². The highest BCUT2D eigenvalue weighted by Gasteiger charge is 2.63. The summed E-state index contributed by atoms with van der Waals surface area (Å²) in [6, 6.07) is 3.64. The van der Waals surface area contributed by atoms with E-state index in [-0.39, 0.29) is 41.3 Å². The van der Waals surface area contributed by atoms with Crippen molar-refractivity contribution in [3.63, 3.8) is 0 Å². The van der Waals surface area contributed by atoms with E-state index in [4.69, 9.17) is 14.7 Å². The number of hydrogen-bond acceptors (Lipinski definition) is 5. The zero-order valence-corrected chi connectivity index (χ0v) is 16.4. The van der Waals surface area contributed by atoms with Gasteiger partial charge in [-0.25, -0.2) is 0 Å². The minimum absolute atomic E-state index is 0.0427. The average molecular weight is 398 g/mol. The van der Waals surface area contributed by atoms with Crippen molar-refractivity contribution in [1.29, 1.82) is 5.26 Å². The third-order valence-electron chi connectivity index (χ3n) is 7.22. The average Bonchev–Trinajstić information content (AvgIpc) is 3.51. The number of nitrogens with one attached hydrogen (secondary N) is 2. The number of fused-ring (bicyclic) bond motifs is 1. The molecule has 5 heterocycles. The molecule has 0 unspecified atom stereocenters. The van der Waals surface area contributed by atoms with Crippen LogP contribution in [0.4, 0.5) is 0 Å². The van der Waals surface area contributed by atoms with Gasteiger partial charge in [-0.1, -0.05) is 0 Å². The van der Waals surface area contributed by atoms with E-state index in [1.807, 2.05) is 11.0 Å². The summed E-state index contributed by atoms with van der Waals surface area (Å²) in [6.07, 6.45) is 5.24. The molecule has 4 atom stereocenters. The fourth-order valence-electron chi connectivity index (χ4n) is 5.69. The molecule has 2 N–H and O–H groups in total. The zero-order valence-electron chi connectivity index (χ0n) is 16.4. The Kier molecular flexibility index (Phi) is 4.60. The van der Waals surface area contributed by atoms with Gasteiger partial charge in [0.05, 0.1) is 23.8 Å². The van der Waals surface area contributed by atoms with Crippen molar-refractivity contribution in [3.8, 4) is 6.07 Å². The summed E-state index contributed by atoms with van der Waals surface area (Å²) >= 11 is 0. The second-order valence-corrected chi connectivity index (χ2v) is 8.76. The van der Waals surface area contributed by atoms with Gasteiger partial charge in [0, 0.05) is 50.3 Å². The first kappa shape index (κ1) is 18.6. The van der Waals surface area contributed by atoms with Crippen molar-refractivity contribution in [1.82, 2.24) is 15.2 Å². The van der Waals surface area contributed by atoms with E-state index in [1.54, 1.807) is 12.3 Å². The van der Waals surface area contributed by atoms with E-state index in [0.717, 1.165) is 25.7 Å². The highest BCUT2D eigenvalue weighted by molar-refractivity contribution is 5.93. The SMILES string of the molecule is N#Cc1c[nH]c(C(=O)N2C[C@@H]3[C@H](CNC(=O)C4CCOCC4)[C@H]4CC[C@]3(C2)O4)c1. The molecule has 4 aliphatic heterocycles. The first-order valence-corrected chi connectivity index (χ1v) is 10.5. The summed E-state index contributed by atoms with van der Waals surface area (Å²) in [7, 11) is 0. The molecule has 154 valence electrons. The molecule has 8 nitrogen and oxygen atoms in total. The maximum absolute atomic E-state index is 12.9. The number of likely N-dealkylation sites (tertiary alicyclic amines) is 1. The second kappa shape index (κ2) is 7.15. The number of nitriles is 1. The number of rotatable bonds is 4. The molecule has 0 radical (unpaired) electrons. The van der Waals surface area contributed by atoms with Crippen LogP contribution in [0.3, 0.4) is 0 Å². The van der Waals surface area contributed by atoms with Gasteiger partial charge in [-0.15, -0.1) is 0 Å². The Morgan fingerprint density at radius 1 is 1.34 bits per heavy atom. The quantitative estimate of drug-likeness (QED) is 0.788. The first-order chi connectivity index (χ1) is 14.1. The number of amides is 2. The summed E-state index contributed by atoms with van der Waals surface area (Å²) in [5, 5.41) is 12.1. The Balaban J connectivity index is 1.24. The van der Waals surface area contributed by atoms with Gasteiger partial charge in [0.15, 0.2) is 0 Å². The van der Waals surface area contributed by atoms with Crippen LogP contribution >= 0.6 is 0 Å². The van der Waals surface area contributed by atoms with Crippen molar-refractivity contribution in [2.45, 2.75) is 37.4 Å². The Bertz CT molecular complexity index is 855. The summed E-state index contributed by atoms with van der Waals surface area (Å²) in [5.74, 6) is 0.550. The number of carbonyl (C=O) groups excluding carboxylic acids is 2. The van der Waals surface area contributed by atoms with E-state index >= 15 is 0 Å². The van der Waals surface area contributed by atoms with Crippen LogP contribution in [0.2, 0.25) is 0 Å². The molecule has 0 aliphatic carbocycles. The van der Waals surface area contributed by atoms with Gasteiger partial charge < -0.3 is 24.7 Å². The van der Waals surface area contributed by atoms with E-state index < -0.39 is 0 Å². The third-order valence-corrected chi connectivity index (χ3v) is 7.22. The van der Waals surface area contributed by atoms with Crippen LogP contribution in [0.15, 0.2) is 12.3 Å². The molecular formula is C21H26N4O4. The number of ether oxygens (including phenoxy) is 2. The number of aromatic amines is 1. The molecule has 29 heavy (non-hydrogen) atoms.